The van der Waals surface area contributed by atoms with E-state index in [0.717, 1.165) is 11.8 Å². The lowest BCUT2D eigenvalue weighted by Crippen LogP contribution is -1.91. The summed E-state index contributed by atoms with van der Waals surface area (Å²) in [6.07, 6.45) is 2.20. The van der Waals surface area contributed by atoms with Crippen molar-refractivity contribution in [2.75, 3.05) is 5.33 Å². The van der Waals surface area contributed by atoms with E-state index in [4.69, 9.17) is 0 Å². The first-order valence-electron chi connectivity index (χ1n) is 3.91. The molecule has 0 radical (unpaired) electrons. The minimum absolute atomic E-state index is 0.439. The van der Waals surface area contributed by atoms with Crippen molar-refractivity contribution in [1.82, 2.24) is 4.98 Å². The van der Waals surface area contributed by atoms with Crippen LogP contribution in [0.2, 0.25) is 0 Å². The molecule has 1 aromatic heterocycles. The lowest BCUT2D eigenvalue weighted by atomic mass is 10.1. The van der Waals surface area contributed by atoms with Gasteiger partial charge in [0.25, 0.3) is 0 Å². The van der Waals surface area contributed by atoms with Gasteiger partial charge in [-0.1, -0.05) is 27.8 Å². The third-order valence-electron chi connectivity index (χ3n) is 1.59. The highest BCUT2D eigenvalue weighted by molar-refractivity contribution is 9.09. The third-order valence-corrected chi connectivity index (χ3v) is 1.98. The number of hydrogen-bond acceptors (Lipinski definition) is 1. The molecule has 1 nitrogen and oxygen atoms in total. The molecule has 0 aliphatic rings. The lowest BCUT2D eigenvalue weighted by Gasteiger charge is -1.96. The molecule has 0 fully saturated rings. The standard InChI is InChI=1S/C10H9BrFN/c1-8-9(4-2-3-6-11)5-7-13-10(8)12/h5,7H,3,6H2,1H3. The number of rotatable bonds is 1. The monoisotopic (exact) mass is 241 g/mol. The number of nitrogens with zero attached hydrogens (tertiary/aromatic N) is 1. The summed E-state index contributed by atoms with van der Waals surface area (Å²) >= 11 is 3.27. The first-order chi connectivity index (χ1) is 6.25. The first-order valence-corrected chi connectivity index (χ1v) is 5.04. The molecule has 1 aromatic rings. The van der Waals surface area contributed by atoms with Crippen molar-refractivity contribution in [3.8, 4) is 11.8 Å². The van der Waals surface area contributed by atoms with Crippen LogP contribution < -0.4 is 0 Å². The Kier molecular flexibility index (Phi) is 3.91. The van der Waals surface area contributed by atoms with Gasteiger partial charge in [-0.25, -0.2) is 4.98 Å². The van der Waals surface area contributed by atoms with E-state index in [1.54, 1.807) is 13.0 Å². The van der Waals surface area contributed by atoms with Crippen LogP contribution in [0.25, 0.3) is 0 Å². The zero-order valence-corrected chi connectivity index (χ0v) is 8.86. The number of alkyl halides is 1. The summed E-state index contributed by atoms with van der Waals surface area (Å²) < 4.78 is 12.9. The van der Waals surface area contributed by atoms with E-state index in [2.05, 4.69) is 32.8 Å². The fourth-order valence-electron chi connectivity index (χ4n) is 0.851. The smallest absolute Gasteiger partial charge is 0.216 e. The van der Waals surface area contributed by atoms with Crippen molar-refractivity contribution >= 4 is 15.9 Å². The van der Waals surface area contributed by atoms with Gasteiger partial charge in [0.1, 0.15) is 0 Å². The van der Waals surface area contributed by atoms with Gasteiger partial charge in [-0.05, 0) is 13.0 Å². The van der Waals surface area contributed by atoms with E-state index in [1.807, 2.05) is 0 Å². The summed E-state index contributed by atoms with van der Waals surface area (Å²) in [5.41, 5.74) is 1.23. The van der Waals surface area contributed by atoms with Gasteiger partial charge in [-0.2, -0.15) is 4.39 Å². The van der Waals surface area contributed by atoms with Crippen molar-refractivity contribution in [3.05, 3.63) is 29.3 Å². The second-order valence-electron chi connectivity index (χ2n) is 2.52. The van der Waals surface area contributed by atoms with E-state index in [0.29, 0.717) is 11.1 Å². The second-order valence-corrected chi connectivity index (χ2v) is 3.31. The largest absolute Gasteiger partial charge is 0.228 e. The van der Waals surface area contributed by atoms with Crippen molar-refractivity contribution < 1.29 is 4.39 Å². The van der Waals surface area contributed by atoms with Crippen molar-refractivity contribution in [1.29, 1.82) is 0 Å². The summed E-state index contributed by atoms with van der Waals surface area (Å²) in [5, 5.41) is 0.840. The highest BCUT2D eigenvalue weighted by atomic mass is 79.9. The summed E-state index contributed by atoms with van der Waals surface area (Å²) in [4.78, 5) is 3.52. The fourth-order valence-corrected chi connectivity index (χ4v) is 1.05. The van der Waals surface area contributed by atoms with Gasteiger partial charge in [0.2, 0.25) is 5.95 Å². The zero-order valence-electron chi connectivity index (χ0n) is 7.27. The molecule has 0 atom stereocenters. The average molecular weight is 242 g/mol. The molecule has 0 unspecified atom stereocenters. The van der Waals surface area contributed by atoms with Gasteiger partial charge in [-0.3, -0.25) is 0 Å². The maximum Gasteiger partial charge on any atom is 0.216 e. The number of hydrogen-bond donors (Lipinski definition) is 0. The first kappa shape index (κ1) is 10.2. The Morgan fingerprint density at radius 2 is 2.38 bits per heavy atom. The molecule has 0 aliphatic carbocycles. The molecule has 0 bridgehead atoms. The Labute approximate surface area is 85.5 Å². The van der Waals surface area contributed by atoms with Crippen LogP contribution in [0.4, 0.5) is 4.39 Å². The van der Waals surface area contributed by atoms with Crippen LogP contribution in [0.1, 0.15) is 17.5 Å². The van der Waals surface area contributed by atoms with E-state index in [-0.39, 0.29) is 0 Å². The molecule has 1 heterocycles. The summed E-state index contributed by atoms with van der Waals surface area (Å²) in [5.74, 6) is 5.38. The van der Waals surface area contributed by atoms with Crippen LogP contribution in [0.5, 0.6) is 0 Å². The Morgan fingerprint density at radius 1 is 1.62 bits per heavy atom. The average Bonchev–Trinajstić information content (AvgIpc) is 2.13. The molecule has 0 saturated carbocycles. The SMILES string of the molecule is Cc1c(C#CCCBr)ccnc1F. The van der Waals surface area contributed by atoms with Crippen LogP contribution in [-0.4, -0.2) is 10.3 Å². The maximum absolute atomic E-state index is 12.9. The van der Waals surface area contributed by atoms with Crippen LogP contribution in [0.15, 0.2) is 12.3 Å². The quantitative estimate of drug-likeness (QED) is 0.419. The van der Waals surface area contributed by atoms with Crippen molar-refractivity contribution in [3.63, 3.8) is 0 Å². The molecule has 0 spiro atoms. The van der Waals surface area contributed by atoms with Gasteiger partial charge in [0, 0.05) is 29.1 Å². The molecule has 13 heavy (non-hydrogen) atoms. The molecule has 0 amide bonds. The third kappa shape index (κ3) is 2.82. The minimum atomic E-state index is -0.439. The van der Waals surface area contributed by atoms with Gasteiger partial charge < -0.3 is 0 Å². The Morgan fingerprint density at radius 3 is 3.08 bits per heavy atom. The molecular formula is C10H9BrFN. The van der Waals surface area contributed by atoms with Gasteiger partial charge in [0.05, 0.1) is 0 Å². The topological polar surface area (TPSA) is 12.9 Å². The van der Waals surface area contributed by atoms with Crippen molar-refractivity contribution in [2.24, 2.45) is 0 Å². The molecule has 0 aliphatic heterocycles. The van der Waals surface area contributed by atoms with Crippen LogP contribution in [0.3, 0.4) is 0 Å². The molecule has 1 rings (SSSR count). The predicted octanol–water partition coefficient (Wildman–Crippen LogP) is 2.67. The second kappa shape index (κ2) is 4.98. The number of aromatic nitrogens is 1. The molecule has 0 N–H and O–H groups in total. The van der Waals surface area contributed by atoms with Crippen LogP contribution in [-0.2, 0) is 0 Å². The number of pyridine rings is 1. The normalized spacial score (nSPS) is 9.15. The zero-order chi connectivity index (χ0) is 9.68. The number of halogens is 2. The Balaban J connectivity index is 2.91. The predicted molar refractivity (Wildman–Crippen MR) is 54.2 cm³/mol. The molecule has 0 aromatic carbocycles. The van der Waals surface area contributed by atoms with E-state index < -0.39 is 5.95 Å². The van der Waals surface area contributed by atoms with Gasteiger partial charge in [-0.15, -0.1) is 0 Å². The molecule has 68 valence electrons. The molecule has 0 saturated heterocycles. The minimum Gasteiger partial charge on any atom is -0.228 e. The fraction of sp³-hybridized carbons (Fsp3) is 0.300. The lowest BCUT2D eigenvalue weighted by molar-refractivity contribution is 0.574. The summed E-state index contributed by atoms with van der Waals surface area (Å²) in [6, 6.07) is 1.72. The summed E-state index contributed by atoms with van der Waals surface area (Å²) in [7, 11) is 0. The van der Waals surface area contributed by atoms with Crippen LogP contribution in [0, 0.1) is 24.7 Å². The van der Waals surface area contributed by atoms with Gasteiger partial charge >= 0.3 is 0 Å². The Bertz CT molecular complexity index is 352. The van der Waals surface area contributed by atoms with E-state index >= 15 is 0 Å². The van der Waals surface area contributed by atoms with Crippen LogP contribution >= 0.6 is 15.9 Å². The highest BCUT2D eigenvalue weighted by Crippen LogP contribution is 2.07. The van der Waals surface area contributed by atoms with Gasteiger partial charge in [0.15, 0.2) is 0 Å². The van der Waals surface area contributed by atoms with Crippen molar-refractivity contribution in [2.45, 2.75) is 13.3 Å². The summed E-state index contributed by atoms with van der Waals surface area (Å²) in [6.45, 7) is 1.68. The Hall–Kier alpha value is -0.880. The van der Waals surface area contributed by atoms with E-state index in [9.17, 15) is 4.39 Å². The van der Waals surface area contributed by atoms with E-state index in [1.165, 1.54) is 6.20 Å². The molecular weight excluding hydrogens is 233 g/mol. The molecule has 3 heteroatoms. The highest BCUT2D eigenvalue weighted by Gasteiger charge is 2.00. The maximum atomic E-state index is 12.9.